The predicted molar refractivity (Wildman–Crippen MR) is 75.5 cm³/mol. The molecule has 0 aromatic carbocycles. The van der Waals surface area contributed by atoms with E-state index in [1.54, 1.807) is 20.9 Å². The number of aromatic nitrogens is 2. The summed E-state index contributed by atoms with van der Waals surface area (Å²) in [7, 11) is 1.60. The number of nitrogens with one attached hydrogen (secondary N) is 2. The second-order valence-corrected chi connectivity index (χ2v) is 5.17. The van der Waals surface area contributed by atoms with E-state index in [1.807, 2.05) is 13.8 Å². The second kappa shape index (κ2) is 6.36. The van der Waals surface area contributed by atoms with Crippen molar-refractivity contribution in [2.24, 2.45) is 13.0 Å². The van der Waals surface area contributed by atoms with Gasteiger partial charge in [0.25, 0.3) is 0 Å². The highest BCUT2D eigenvalue weighted by Gasteiger charge is 2.26. The molecule has 0 saturated carbocycles. The number of amides is 1. The molecule has 2 N–H and O–H groups in total. The summed E-state index contributed by atoms with van der Waals surface area (Å²) in [5, 5.41) is 20.7. The third kappa shape index (κ3) is 3.69. The Labute approximate surface area is 117 Å². The van der Waals surface area contributed by atoms with E-state index < -0.39 is 11.0 Å². The van der Waals surface area contributed by atoms with Gasteiger partial charge in [0.1, 0.15) is 11.7 Å². The summed E-state index contributed by atoms with van der Waals surface area (Å²) in [6, 6.07) is -0.581. The Bertz CT molecular complexity index is 509. The molecule has 1 heterocycles. The van der Waals surface area contributed by atoms with Crippen LogP contribution in [0.5, 0.6) is 0 Å². The molecule has 0 bridgehead atoms. The lowest BCUT2D eigenvalue weighted by Gasteiger charge is -2.15. The fraction of sp³-hybridized carbons (Fsp3) is 0.667. The highest BCUT2D eigenvalue weighted by Crippen LogP contribution is 2.27. The van der Waals surface area contributed by atoms with Gasteiger partial charge in [0.15, 0.2) is 0 Å². The lowest BCUT2D eigenvalue weighted by molar-refractivity contribution is -0.384. The molecule has 8 heteroatoms. The fourth-order valence-corrected chi connectivity index (χ4v) is 1.76. The molecule has 1 atom stereocenters. The monoisotopic (exact) mass is 283 g/mol. The summed E-state index contributed by atoms with van der Waals surface area (Å²) in [4.78, 5) is 22.4. The molecule has 0 aliphatic rings. The van der Waals surface area contributed by atoms with Gasteiger partial charge in [-0.2, -0.15) is 5.10 Å². The first-order chi connectivity index (χ1) is 9.23. The van der Waals surface area contributed by atoms with Gasteiger partial charge in [-0.1, -0.05) is 13.8 Å². The highest BCUT2D eigenvalue weighted by atomic mass is 16.6. The second-order valence-electron chi connectivity index (χ2n) is 5.17. The van der Waals surface area contributed by atoms with Crippen molar-refractivity contribution in [3.8, 4) is 0 Å². The molecule has 20 heavy (non-hydrogen) atoms. The first-order valence-corrected chi connectivity index (χ1v) is 6.46. The van der Waals surface area contributed by atoms with Gasteiger partial charge in [0, 0.05) is 13.6 Å². The Kier molecular flexibility index (Phi) is 5.06. The van der Waals surface area contributed by atoms with Crippen LogP contribution in [0.2, 0.25) is 0 Å². The lowest BCUT2D eigenvalue weighted by Crippen LogP contribution is -2.39. The average molecular weight is 283 g/mol. The zero-order valence-electron chi connectivity index (χ0n) is 12.4. The summed E-state index contributed by atoms with van der Waals surface area (Å²) in [6.45, 7) is 7.77. The molecule has 0 aliphatic heterocycles. The van der Waals surface area contributed by atoms with E-state index in [4.69, 9.17) is 0 Å². The summed E-state index contributed by atoms with van der Waals surface area (Å²) in [5.41, 5.74) is 0.214. The molecular weight excluding hydrogens is 262 g/mol. The number of carbonyl (C=O) groups excluding carboxylic acids is 1. The van der Waals surface area contributed by atoms with Crippen LogP contribution in [-0.2, 0) is 11.8 Å². The van der Waals surface area contributed by atoms with Crippen LogP contribution < -0.4 is 10.6 Å². The van der Waals surface area contributed by atoms with Crippen molar-refractivity contribution in [1.82, 2.24) is 15.1 Å². The molecule has 0 fully saturated rings. The first-order valence-electron chi connectivity index (χ1n) is 6.46. The Hall–Kier alpha value is -2.12. The average Bonchev–Trinajstić information content (AvgIpc) is 2.60. The zero-order chi connectivity index (χ0) is 15.4. The van der Waals surface area contributed by atoms with E-state index in [0.717, 1.165) is 0 Å². The van der Waals surface area contributed by atoms with E-state index in [-0.39, 0.29) is 17.4 Å². The van der Waals surface area contributed by atoms with Crippen LogP contribution in [-0.4, -0.2) is 33.2 Å². The Balaban J connectivity index is 2.83. The van der Waals surface area contributed by atoms with Crippen LogP contribution in [0, 0.1) is 23.0 Å². The van der Waals surface area contributed by atoms with Crippen LogP contribution >= 0.6 is 0 Å². The van der Waals surface area contributed by atoms with Crippen LogP contribution in [0.3, 0.4) is 0 Å². The molecule has 0 radical (unpaired) electrons. The number of nitrogens with zero attached hydrogens (tertiary/aromatic N) is 3. The maximum absolute atomic E-state index is 11.9. The highest BCUT2D eigenvalue weighted by molar-refractivity contribution is 5.84. The minimum absolute atomic E-state index is 0.101. The van der Waals surface area contributed by atoms with Crippen molar-refractivity contribution in [3.05, 3.63) is 15.8 Å². The molecule has 1 aromatic heterocycles. The van der Waals surface area contributed by atoms with Gasteiger partial charge in [-0.25, -0.2) is 4.68 Å². The van der Waals surface area contributed by atoms with Crippen molar-refractivity contribution in [1.29, 1.82) is 0 Å². The van der Waals surface area contributed by atoms with Gasteiger partial charge >= 0.3 is 5.69 Å². The van der Waals surface area contributed by atoms with Gasteiger partial charge in [-0.3, -0.25) is 14.9 Å². The number of hydrogen-bond donors (Lipinski definition) is 2. The molecular formula is C12H21N5O3. The molecule has 112 valence electrons. The minimum atomic E-state index is -0.581. The van der Waals surface area contributed by atoms with Crippen LogP contribution in [0.15, 0.2) is 0 Å². The molecule has 0 aliphatic carbocycles. The Morgan fingerprint density at radius 3 is 2.55 bits per heavy atom. The summed E-state index contributed by atoms with van der Waals surface area (Å²) in [6.07, 6.45) is 0. The van der Waals surface area contributed by atoms with E-state index in [9.17, 15) is 14.9 Å². The standard InChI is InChI=1S/C12H21N5O3/c1-7(2)6-13-12(18)9(4)14-11-10(17(19)20)8(3)15-16(11)5/h7,9,14H,6H2,1-5H3,(H,13,18). The van der Waals surface area contributed by atoms with Crippen LogP contribution in [0.25, 0.3) is 0 Å². The fourth-order valence-electron chi connectivity index (χ4n) is 1.76. The van der Waals surface area contributed by atoms with Crippen molar-refractivity contribution in [2.75, 3.05) is 11.9 Å². The van der Waals surface area contributed by atoms with Crippen LogP contribution in [0.4, 0.5) is 11.5 Å². The van der Waals surface area contributed by atoms with Crippen molar-refractivity contribution >= 4 is 17.4 Å². The van der Waals surface area contributed by atoms with Gasteiger partial charge < -0.3 is 10.6 Å². The molecule has 1 amide bonds. The van der Waals surface area contributed by atoms with E-state index in [1.165, 1.54) is 4.68 Å². The SMILES string of the molecule is Cc1nn(C)c(NC(C)C(=O)NCC(C)C)c1[N+](=O)[O-]. The molecule has 0 spiro atoms. The maximum Gasteiger partial charge on any atom is 0.333 e. The van der Waals surface area contributed by atoms with Crippen molar-refractivity contribution in [3.63, 3.8) is 0 Å². The maximum atomic E-state index is 11.9. The Morgan fingerprint density at radius 1 is 1.45 bits per heavy atom. The predicted octanol–water partition coefficient (Wildman–Crippen LogP) is 1.21. The van der Waals surface area contributed by atoms with Gasteiger partial charge in [0.05, 0.1) is 4.92 Å². The molecule has 0 saturated heterocycles. The smallest absolute Gasteiger partial charge is 0.333 e. The quantitative estimate of drug-likeness (QED) is 0.603. The summed E-state index contributed by atoms with van der Waals surface area (Å²) < 4.78 is 1.37. The van der Waals surface area contributed by atoms with Crippen LogP contribution in [0.1, 0.15) is 26.5 Å². The number of nitro groups is 1. The third-order valence-corrected chi connectivity index (χ3v) is 2.80. The van der Waals surface area contributed by atoms with Crippen molar-refractivity contribution < 1.29 is 9.72 Å². The topological polar surface area (TPSA) is 102 Å². The summed E-state index contributed by atoms with van der Waals surface area (Å²) >= 11 is 0. The normalized spacial score (nSPS) is 12.3. The zero-order valence-corrected chi connectivity index (χ0v) is 12.4. The van der Waals surface area contributed by atoms with Gasteiger partial charge in [-0.15, -0.1) is 0 Å². The molecule has 1 aromatic rings. The largest absolute Gasteiger partial charge is 0.354 e. The number of carbonyl (C=O) groups is 1. The first kappa shape index (κ1) is 15.9. The lowest BCUT2D eigenvalue weighted by atomic mass is 10.2. The van der Waals surface area contributed by atoms with E-state index >= 15 is 0 Å². The number of hydrogen-bond acceptors (Lipinski definition) is 5. The van der Waals surface area contributed by atoms with Gasteiger partial charge in [0.2, 0.25) is 11.7 Å². The Morgan fingerprint density at radius 2 is 2.05 bits per heavy atom. The number of rotatable bonds is 6. The van der Waals surface area contributed by atoms with E-state index in [2.05, 4.69) is 15.7 Å². The van der Waals surface area contributed by atoms with E-state index in [0.29, 0.717) is 18.2 Å². The third-order valence-electron chi connectivity index (χ3n) is 2.80. The number of anilines is 1. The van der Waals surface area contributed by atoms with Crippen molar-refractivity contribution in [2.45, 2.75) is 33.7 Å². The molecule has 1 unspecified atom stereocenters. The molecule has 8 nitrogen and oxygen atoms in total. The number of aryl methyl sites for hydroxylation is 2. The van der Waals surface area contributed by atoms with Gasteiger partial charge in [-0.05, 0) is 19.8 Å². The summed E-state index contributed by atoms with van der Waals surface area (Å²) in [5.74, 6) is 0.381. The molecule has 1 rings (SSSR count). The minimum Gasteiger partial charge on any atom is -0.354 e.